The minimum Gasteiger partial charge on any atom is -0.465 e. The molecule has 0 saturated carbocycles. The fourth-order valence-electron chi connectivity index (χ4n) is 4.12. The molecule has 13 heteroatoms. The Morgan fingerprint density at radius 2 is 1.60 bits per heavy atom. The summed E-state index contributed by atoms with van der Waals surface area (Å²) in [7, 11) is 1.23. The molecule has 0 spiro atoms. The quantitative estimate of drug-likeness (QED) is 0.314. The van der Waals surface area contributed by atoms with Gasteiger partial charge in [-0.25, -0.2) is 9.59 Å². The predicted molar refractivity (Wildman–Crippen MR) is 149 cm³/mol. The molecule has 1 unspecified atom stereocenters. The van der Waals surface area contributed by atoms with Crippen molar-refractivity contribution < 1.29 is 41.8 Å². The van der Waals surface area contributed by atoms with Gasteiger partial charge < -0.3 is 19.4 Å². The van der Waals surface area contributed by atoms with E-state index in [9.17, 15) is 37.1 Å². The number of hydrogen-bond donors (Lipinski definition) is 2. The minimum atomic E-state index is -5.17. The summed E-state index contributed by atoms with van der Waals surface area (Å²) in [6.07, 6.45) is -4.71. The van der Waals surface area contributed by atoms with E-state index in [1.54, 1.807) is 54.6 Å². The number of carbonyl (C=O) groups is 4. The summed E-state index contributed by atoms with van der Waals surface area (Å²) in [4.78, 5) is 62.3. The van der Waals surface area contributed by atoms with Crippen molar-refractivity contribution in [3.05, 3.63) is 99.5 Å². The van der Waals surface area contributed by atoms with Crippen molar-refractivity contribution in [2.45, 2.75) is 45.6 Å². The largest absolute Gasteiger partial charge is 0.465 e. The number of nitrogens with zero attached hydrogens (tertiary/aromatic N) is 1. The molecule has 2 aromatic carbocycles. The van der Waals surface area contributed by atoms with Crippen LogP contribution in [0.5, 0.6) is 0 Å². The zero-order chi connectivity index (χ0) is 31.7. The van der Waals surface area contributed by atoms with E-state index in [-0.39, 0.29) is 24.3 Å². The van der Waals surface area contributed by atoms with Gasteiger partial charge in [-0.2, -0.15) is 13.2 Å². The van der Waals surface area contributed by atoms with Crippen molar-refractivity contribution in [2.24, 2.45) is 5.92 Å². The Balaban J connectivity index is 1.90. The Morgan fingerprint density at radius 1 is 0.930 bits per heavy atom. The maximum absolute atomic E-state index is 13.2. The third-order valence-corrected chi connectivity index (χ3v) is 6.21. The number of pyridine rings is 1. The van der Waals surface area contributed by atoms with Gasteiger partial charge in [-0.3, -0.25) is 19.7 Å². The van der Waals surface area contributed by atoms with Crippen LogP contribution in [0, 0.1) is 5.92 Å². The zero-order valence-corrected chi connectivity index (χ0v) is 23.6. The van der Waals surface area contributed by atoms with Gasteiger partial charge in [0.1, 0.15) is 18.8 Å². The van der Waals surface area contributed by atoms with Crippen LogP contribution in [0.4, 0.5) is 23.7 Å². The number of methoxy groups -OCH3 is 1. The fraction of sp³-hybridized carbons (Fsp3) is 0.300. The molecule has 0 aliphatic heterocycles. The second kappa shape index (κ2) is 14.3. The summed E-state index contributed by atoms with van der Waals surface area (Å²) in [5, 5.41) is 4.41. The molecule has 3 rings (SSSR count). The molecule has 43 heavy (non-hydrogen) atoms. The third-order valence-electron chi connectivity index (χ3n) is 6.21. The van der Waals surface area contributed by atoms with E-state index in [0.717, 1.165) is 4.57 Å². The summed E-state index contributed by atoms with van der Waals surface area (Å²) < 4.78 is 50.0. The molecular formula is C30H30F3N3O7. The van der Waals surface area contributed by atoms with Crippen molar-refractivity contribution in [2.75, 3.05) is 12.4 Å². The third kappa shape index (κ3) is 9.28. The lowest BCUT2D eigenvalue weighted by molar-refractivity contribution is -0.174. The van der Waals surface area contributed by atoms with Crippen LogP contribution in [0.3, 0.4) is 0 Å². The Hall–Kier alpha value is -4.94. The van der Waals surface area contributed by atoms with Gasteiger partial charge in [0.25, 0.3) is 11.3 Å². The van der Waals surface area contributed by atoms with Gasteiger partial charge in [0.05, 0.1) is 18.7 Å². The number of ether oxygens (including phenoxy) is 2. The molecule has 0 bridgehead atoms. The van der Waals surface area contributed by atoms with Crippen LogP contribution in [0.15, 0.2) is 71.7 Å². The van der Waals surface area contributed by atoms with Gasteiger partial charge in [-0.1, -0.05) is 56.3 Å². The number of hydrogen-bond acceptors (Lipinski definition) is 7. The number of ketones is 1. The second-order valence-electron chi connectivity index (χ2n) is 9.90. The van der Waals surface area contributed by atoms with E-state index in [1.807, 2.05) is 0 Å². The highest BCUT2D eigenvalue weighted by molar-refractivity contribution is 5.93. The zero-order valence-electron chi connectivity index (χ0n) is 23.6. The lowest BCUT2D eigenvalue weighted by Crippen LogP contribution is -2.50. The molecule has 10 nitrogen and oxygen atoms in total. The van der Waals surface area contributed by atoms with Crippen LogP contribution < -0.4 is 16.2 Å². The lowest BCUT2D eigenvalue weighted by atomic mass is 9.99. The van der Waals surface area contributed by atoms with E-state index in [2.05, 4.69) is 10.6 Å². The number of aromatic nitrogens is 1. The number of rotatable bonds is 11. The van der Waals surface area contributed by atoms with Crippen molar-refractivity contribution >= 4 is 29.4 Å². The van der Waals surface area contributed by atoms with Gasteiger partial charge in [0, 0.05) is 6.20 Å². The van der Waals surface area contributed by atoms with E-state index in [1.165, 1.54) is 33.2 Å². The van der Waals surface area contributed by atoms with E-state index < -0.39 is 54.0 Å². The topological polar surface area (TPSA) is 133 Å². The highest BCUT2D eigenvalue weighted by Gasteiger charge is 2.45. The Labute approximate surface area is 244 Å². The average molecular weight is 602 g/mol. The van der Waals surface area contributed by atoms with Crippen LogP contribution in [0.25, 0.3) is 0 Å². The van der Waals surface area contributed by atoms with Crippen LogP contribution in [-0.2, 0) is 38.6 Å². The van der Waals surface area contributed by atoms with Crippen LogP contribution in [0.1, 0.15) is 40.9 Å². The van der Waals surface area contributed by atoms with E-state index in [0.29, 0.717) is 16.7 Å². The lowest BCUT2D eigenvalue weighted by Gasteiger charge is -2.22. The standard InChI is InChI=1S/C30H30F3N3O7/c1-18(2)25(26(38)30(31,32)33)35-24(37)16-36-15-21(12-20-10-7-11-22(13-20)28(40)42-3)14-23(27(36)39)34-29(41)43-17-19-8-5-4-6-9-19/h4-11,13-15,18,25H,12,16-17H2,1-3H3,(H,34,41)(H,35,37). The van der Waals surface area contributed by atoms with Crippen LogP contribution in [0.2, 0.25) is 0 Å². The van der Waals surface area contributed by atoms with Crippen molar-refractivity contribution in [1.82, 2.24) is 9.88 Å². The molecule has 1 atom stereocenters. The van der Waals surface area contributed by atoms with Gasteiger partial charge in [0.15, 0.2) is 0 Å². The second-order valence-corrected chi connectivity index (χ2v) is 9.90. The van der Waals surface area contributed by atoms with E-state index >= 15 is 0 Å². The average Bonchev–Trinajstić information content (AvgIpc) is 2.96. The molecule has 0 radical (unpaired) electrons. The number of anilines is 1. The minimum absolute atomic E-state index is 0.0902. The normalized spacial score (nSPS) is 11.9. The van der Waals surface area contributed by atoms with Gasteiger partial charge in [-0.15, -0.1) is 0 Å². The van der Waals surface area contributed by atoms with Gasteiger partial charge in [-0.05, 0) is 47.2 Å². The first-order chi connectivity index (χ1) is 20.3. The SMILES string of the molecule is COC(=O)c1cccc(Cc2cc(NC(=O)OCc3ccccc3)c(=O)n(CC(=O)NC(C(=O)C(F)(F)F)C(C)C)c2)c1. The predicted octanol–water partition coefficient (Wildman–Crippen LogP) is 4.25. The van der Waals surface area contributed by atoms with E-state index in [4.69, 9.17) is 9.47 Å². The summed E-state index contributed by atoms with van der Waals surface area (Å²) in [6.45, 7) is 1.84. The molecule has 3 aromatic rings. The van der Waals surface area contributed by atoms with Gasteiger partial charge >= 0.3 is 18.2 Å². The molecule has 1 heterocycles. The maximum Gasteiger partial charge on any atom is 0.452 e. The number of halogens is 3. The van der Waals surface area contributed by atoms with Crippen molar-refractivity contribution in [3.8, 4) is 0 Å². The summed E-state index contributed by atoms with van der Waals surface area (Å²) in [5.41, 5.74) is 0.871. The first kappa shape index (κ1) is 32.6. The Bertz CT molecular complexity index is 1540. The monoisotopic (exact) mass is 601 g/mol. The molecule has 1 aromatic heterocycles. The number of Topliss-reactive ketones (excluding diaryl/α,β-unsaturated/α-hetero) is 1. The molecular weight excluding hydrogens is 571 g/mol. The first-order valence-electron chi connectivity index (χ1n) is 13.1. The number of nitrogens with one attached hydrogen (secondary N) is 2. The van der Waals surface area contributed by atoms with Crippen LogP contribution in [-0.4, -0.2) is 47.6 Å². The number of amides is 2. The van der Waals surface area contributed by atoms with Crippen molar-refractivity contribution in [3.63, 3.8) is 0 Å². The summed E-state index contributed by atoms with van der Waals surface area (Å²) in [6, 6.07) is 14.7. The number of benzene rings is 2. The number of alkyl halides is 3. The molecule has 2 amide bonds. The van der Waals surface area contributed by atoms with Crippen LogP contribution >= 0.6 is 0 Å². The molecule has 0 saturated heterocycles. The summed E-state index contributed by atoms with van der Waals surface area (Å²) >= 11 is 0. The number of esters is 1. The highest BCUT2D eigenvalue weighted by atomic mass is 19.4. The highest BCUT2D eigenvalue weighted by Crippen LogP contribution is 2.21. The molecule has 0 aliphatic rings. The Morgan fingerprint density at radius 3 is 2.23 bits per heavy atom. The maximum atomic E-state index is 13.2. The number of carbonyl (C=O) groups excluding carboxylic acids is 4. The summed E-state index contributed by atoms with van der Waals surface area (Å²) in [5.74, 6) is -4.60. The molecule has 2 N–H and O–H groups in total. The molecule has 0 fully saturated rings. The van der Waals surface area contributed by atoms with Crippen molar-refractivity contribution in [1.29, 1.82) is 0 Å². The smallest absolute Gasteiger partial charge is 0.452 e. The fourth-order valence-corrected chi connectivity index (χ4v) is 4.12. The van der Waals surface area contributed by atoms with Gasteiger partial charge in [0.2, 0.25) is 5.91 Å². The molecule has 228 valence electrons. The Kier molecular flexibility index (Phi) is 10.8. The molecule has 0 aliphatic carbocycles. The first-order valence-corrected chi connectivity index (χ1v) is 13.1.